The lowest BCUT2D eigenvalue weighted by atomic mass is 10.1. The van der Waals surface area contributed by atoms with Gasteiger partial charge in [-0.1, -0.05) is 48.0 Å². The van der Waals surface area contributed by atoms with Crippen molar-refractivity contribution in [2.24, 2.45) is 0 Å². The van der Waals surface area contributed by atoms with E-state index in [-0.39, 0.29) is 16.9 Å². The first-order valence-electron chi connectivity index (χ1n) is 7.48. The minimum atomic E-state index is -0.462. The lowest BCUT2D eigenvalue weighted by Crippen LogP contribution is -2.36. The van der Waals surface area contributed by atoms with E-state index in [0.717, 1.165) is 25.1 Å². The first-order valence-corrected chi connectivity index (χ1v) is 7.86. The average Bonchev–Trinajstić information content (AvgIpc) is 2.57. The first kappa shape index (κ1) is 15.9. The van der Waals surface area contributed by atoms with E-state index in [9.17, 15) is 10.1 Å². The van der Waals surface area contributed by atoms with Gasteiger partial charge in [-0.05, 0) is 18.1 Å². The Morgan fingerprint density at radius 1 is 1.26 bits per heavy atom. The molecule has 6 heteroatoms. The third-order valence-electron chi connectivity index (χ3n) is 3.88. The average molecular weight is 333 g/mol. The van der Waals surface area contributed by atoms with Gasteiger partial charge in [-0.2, -0.15) is 0 Å². The summed E-state index contributed by atoms with van der Waals surface area (Å²) < 4.78 is 5.88. The molecule has 2 aromatic rings. The molecule has 5 nitrogen and oxygen atoms in total. The highest BCUT2D eigenvalue weighted by Crippen LogP contribution is 2.33. The largest absolute Gasteiger partial charge is 0.359 e. The molecule has 0 saturated carbocycles. The lowest BCUT2D eigenvalue weighted by Gasteiger charge is -2.35. The normalized spacial score (nSPS) is 18.7. The molecule has 120 valence electrons. The Morgan fingerprint density at radius 2 is 2.04 bits per heavy atom. The molecule has 0 aromatic heterocycles. The van der Waals surface area contributed by atoms with Crippen LogP contribution < -0.4 is 0 Å². The molecule has 23 heavy (non-hydrogen) atoms. The number of hydrogen-bond donors (Lipinski definition) is 0. The molecule has 0 N–H and O–H groups in total. The Kier molecular flexibility index (Phi) is 4.91. The predicted molar refractivity (Wildman–Crippen MR) is 88.3 cm³/mol. The minimum absolute atomic E-state index is 0.0852. The van der Waals surface area contributed by atoms with Crippen LogP contribution in [0.4, 0.5) is 5.69 Å². The van der Waals surface area contributed by atoms with Gasteiger partial charge in [0.1, 0.15) is 11.3 Å². The second-order valence-electron chi connectivity index (χ2n) is 5.50. The summed E-state index contributed by atoms with van der Waals surface area (Å²) in [6.07, 6.45) is 0.652. The first-order chi connectivity index (χ1) is 11.1. The van der Waals surface area contributed by atoms with Crippen LogP contribution in [-0.2, 0) is 11.3 Å². The topological polar surface area (TPSA) is 55.6 Å². The van der Waals surface area contributed by atoms with Crippen molar-refractivity contribution in [2.75, 3.05) is 13.2 Å². The van der Waals surface area contributed by atoms with Gasteiger partial charge in [0.2, 0.25) is 0 Å². The van der Waals surface area contributed by atoms with Crippen molar-refractivity contribution in [2.45, 2.75) is 19.2 Å². The van der Waals surface area contributed by atoms with E-state index in [2.05, 4.69) is 17.0 Å². The van der Waals surface area contributed by atoms with E-state index in [1.54, 1.807) is 12.1 Å². The standard InChI is InChI=1S/C17H17ClN2O3/c18-15-8-7-14(11-16(15)20(21)22)17-19(9-4-10-23-17)12-13-5-2-1-3-6-13/h1-3,5-8,11,17H,4,9-10,12H2/t17-/m1/s1. The summed E-state index contributed by atoms with van der Waals surface area (Å²) in [4.78, 5) is 12.8. The Balaban J connectivity index is 1.86. The van der Waals surface area contributed by atoms with Crippen molar-refractivity contribution in [3.05, 3.63) is 74.8 Å². The molecule has 2 aromatic carbocycles. The molecule has 1 saturated heterocycles. The van der Waals surface area contributed by atoms with Crippen LogP contribution in [0.1, 0.15) is 23.8 Å². The van der Waals surface area contributed by atoms with E-state index in [4.69, 9.17) is 16.3 Å². The molecule has 0 spiro atoms. The summed E-state index contributed by atoms with van der Waals surface area (Å²) in [5.74, 6) is 0. The number of ether oxygens (including phenoxy) is 1. The molecule has 1 heterocycles. The monoisotopic (exact) mass is 332 g/mol. The molecule has 0 unspecified atom stereocenters. The van der Waals surface area contributed by atoms with Crippen molar-refractivity contribution in [1.82, 2.24) is 4.90 Å². The Morgan fingerprint density at radius 3 is 2.78 bits per heavy atom. The number of hydrogen-bond acceptors (Lipinski definition) is 4. The third-order valence-corrected chi connectivity index (χ3v) is 4.20. The summed E-state index contributed by atoms with van der Waals surface area (Å²) in [6, 6.07) is 15.0. The second-order valence-corrected chi connectivity index (χ2v) is 5.91. The van der Waals surface area contributed by atoms with Crippen molar-refractivity contribution >= 4 is 17.3 Å². The fourth-order valence-electron chi connectivity index (χ4n) is 2.80. The van der Waals surface area contributed by atoms with Crippen molar-refractivity contribution in [3.63, 3.8) is 0 Å². The van der Waals surface area contributed by atoms with Crippen LogP contribution in [0.3, 0.4) is 0 Å². The van der Waals surface area contributed by atoms with E-state index < -0.39 is 4.92 Å². The molecule has 1 atom stereocenters. The van der Waals surface area contributed by atoms with E-state index in [1.165, 1.54) is 11.6 Å². The van der Waals surface area contributed by atoms with Crippen LogP contribution in [0, 0.1) is 10.1 Å². The predicted octanol–water partition coefficient (Wildman–Crippen LogP) is 4.17. The van der Waals surface area contributed by atoms with E-state index in [1.807, 2.05) is 18.2 Å². The van der Waals surface area contributed by atoms with Crippen LogP contribution in [0.15, 0.2) is 48.5 Å². The van der Waals surface area contributed by atoms with Gasteiger partial charge in [-0.3, -0.25) is 15.0 Å². The quantitative estimate of drug-likeness (QED) is 0.623. The molecule has 0 bridgehead atoms. The zero-order valence-corrected chi connectivity index (χ0v) is 13.3. The van der Waals surface area contributed by atoms with Crippen LogP contribution >= 0.6 is 11.6 Å². The summed E-state index contributed by atoms with van der Waals surface area (Å²) in [7, 11) is 0. The number of halogens is 1. The minimum Gasteiger partial charge on any atom is -0.359 e. The number of benzene rings is 2. The van der Waals surface area contributed by atoms with Crippen LogP contribution in [-0.4, -0.2) is 23.0 Å². The van der Waals surface area contributed by atoms with Crippen LogP contribution in [0.5, 0.6) is 0 Å². The van der Waals surface area contributed by atoms with Crippen LogP contribution in [0.25, 0.3) is 0 Å². The van der Waals surface area contributed by atoms with Crippen molar-refractivity contribution in [3.8, 4) is 0 Å². The maximum Gasteiger partial charge on any atom is 0.288 e. The molecule has 1 aliphatic rings. The van der Waals surface area contributed by atoms with Gasteiger partial charge in [0.05, 0.1) is 11.5 Å². The Hall–Kier alpha value is -1.95. The van der Waals surface area contributed by atoms with Gasteiger partial charge in [-0.15, -0.1) is 0 Å². The molecule has 3 rings (SSSR count). The second kappa shape index (κ2) is 7.08. The van der Waals surface area contributed by atoms with Gasteiger partial charge >= 0.3 is 0 Å². The third kappa shape index (κ3) is 3.69. The maximum absolute atomic E-state index is 11.1. The van der Waals surface area contributed by atoms with Gasteiger partial charge in [0.15, 0.2) is 0 Å². The molecule has 1 fully saturated rings. The smallest absolute Gasteiger partial charge is 0.288 e. The van der Waals surface area contributed by atoms with Gasteiger partial charge in [0.25, 0.3) is 5.69 Å². The number of nitro benzene ring substituents is 1. The zero-order chi connectivity index (χ0) is 16.2. The Labute approximate surface area is 139 Å². The lowest BCUT2D eigenvalue weighted by molar-refractivity contribution is -0.384. The molecule has 0 aliphatic carbocycles. The highest BCUT2D eigenvalue weighted by Gasteiger charge is 2.27. The van der Waals surface area contributed by atoms with Crippen LogP contribution in [0.2, 0.25) is 5.02 Å². The number of rotatable bonds is 4. The summed E-state index contributed by atoms with van der Waals surface area (Å²) in [6.45, 7) is 2.27. The SMILES string of the molecule is O=[N+]([O-])c1cc([C@H]2OCCCN2Cc2ccccc2)ccc1Cl. The molecule has 0 radical (unpaired) electrons. The maximum atomic E-state index is 11.1. The fourth-order valence-corrected chi connectivity index (χ4v) is 2.98. The molecular weight excluding hydrogens is 316 g/mol. The zero-order valence-electron chi connectivity index (χ0n) is 12.5. The Bertz CT molecular complexity index is 693. The summed E-state index contributed by atoms with van der Waals surface area (Å²) >= 11 is 5.90. The van der Waals surface area contributed by atoms with Gasteiger partial charge in [-0.25, -0.2) is 0 Å². The molecular formula is C17H17ClN2O3. The fraction of sp³-hybridized carbons (Fsp3) is 0.294. The summed E-state index contributed by atoms with van der Waals surface area (Å²) in [5.41, 5.74) is 1.86. The molecule has 1 aliphatic heterocycles. The number of nitrogens with zero attached hydrogens (tertiary/aromatic N) is 2. The summed E-state index contributed by atoms with van der Waals surface area (Å²) in [5, 5.41) is 11.2. The highest BCUT2D eigenvalue weighted by atomic mass is 35.5. The van der Waals surface area contributed by atoms with Gasteiger partial charge in [0, 0.05) is 24.7 Å². The van der Waals surface area contributed by atoms with Crippen molar-refractivity contribution in [1.29, 1.82) is 0 Å². The van der Waals surface area contributed by atoms with E-state index >= 15 is 0 Å². The highest BCUT2D eigenvalue weighted by molar-refractivity contribution is 6.32. The molecule has 0 amide bonds. The van der Waals surface area contributed by atoms with Gasteiger partial charge < -0.3 is 4.74 Å². The number of nitro groups is 1. The van der Waals surface area contributed by atoms with E-state index in [0.29, 0.717) is 6.61 Å². The van der Waals surface area contributed by atoms with Crippen molar-refractivity contribution < 1.29 is 9.66 Å².